The van der Waals surface area contributed by atoms with Gasteiger partial charge in [-0.25, -0.2) is 4.79 Å². The summed E-state index contributed by atoms with van der Waals surface area (Å²) in [7, 11) is 0. The van der Waals surface area contributed by atoms with E-state index >= 15 is 0 Å². The van der Waals surface area contributed by atoms with Crippen LogP contribution in [0.2, 0.25) is 0 Å². The van der Waals surface area contributed by atoms with Crippen LogP contribution in [-0.2, 0) is 0 Å². The smallest absolute Gasteiger partial charge is 0.320 e. The van der Waals surface area contributed by atoms with Crippen LogP contribution in [0.15, 0.2) is 0 Å². The van der Waals surface area contributed by atoms with Crippen LogP contribution in [0.25, 0.3) is 0 Å². The first-order valence-corrected chi connectivity index (χ1v) is 8.01. The molecule has 2 fully saturated rings. The topological polar surface area (TPSA) is 38.8 Å². The second-order valence-electron chi connectivity index (χ2n) is 6.63. The summed E-state index contributed by atoms with van der Waals surface area (Å²) in [5.41, 5.74) is 0. The summed E-state index contributed by atoms with van der Waals surface area (Å²) >= 11 is 0. The Morgan fingerprint density at radius 3 is 2.30 bits per heavy atom. The summed E-state index contributed by atoms with van der Waals surface area (Å²) < 4.78 is 0. The van der Waals surface area contributed by atoms with E-state index in [0.29, 0.717) is 18.0 Å². The van der Waals surface area contributed by atoms with Crippen LogP contribution in [0.4, 0.5) is 4.79 Å². The average Bonchev–Trinajstić information content (AvgIpc) is 2.75. The minimum atomic E-state index is 0.230. The van der Waals surface area contributed by atoms with Crippen molar-refractivity contribution in [3.05, 3.63) is 0 Å². The molecule has 1 atom stereocenters. The lowest BCUT2D eigenvalue weighted by Gasteiger charge is -2.30. The Morgan fingerprint density at radius 1 is 1.15 bits per heavy atom. The first kappa shape index (κ1) is 15.6. The van der Waals surface area contributed by atoms with Crippen molar-refractivity contribution in [1.29, 1.82) is 0 Å². The van der Waals surface area contributed by atoms with E-state index in [9.17, 15) is 4.79 Å². The van der Waals surface area contributed by atoms with Gasteiger partial charge in [-0.05, 0) is 19.8 Å². The number of carbonyl (C=O) groups excluding carboxylic acids is 1. The van der Waals surface area contributed by atoms with E-state index in [2.05, 4.69) is 42.8 Å². The largest absolute Gasteiger partial charge is 0.321 e. The number of urea groups is 1. The predicted molar refractivity (Wildman–Crippen MR) is 81.9 cm³/mol. The fourth-order valence-electron chi connectivity index (χ4n) is 3.22. The highest BCUT2D eigenvalue weighted by Crippen LogP contribution is 2.24. The number of hydrogen-bond donors (Lipinski definition) is 1. The van der Waals surface area contributed by atoms with Gasteiger partial charge >= 0.3 is 6.03 Å². The molecule has 0 aromatic carbocycles. The van der Waals surface area contributed by atoms with E-state index in [0.717, 1.165) is 45.8 Å². The molecule has 2 amide bonds. The van der Waals surface area contributed by atoms with Crippen LogP contribution < -0.4 is 5.32 Å². The molecule has 20 heavy (non-hydrogen) atoms. The third kappa shape index (κ3) is 3.44. The average molecular weight is 282 g/mol. The normalized spacial score (nSPS) is 25.3. The van der Waals surface area contributed by atoms with Crippen LogP contribution >= 0.6 is 0 Å². The molecule has 1 N–H and O–H groups in total. The van der Waals surface area contributed by atoms with E-state index < -0.39 is 0 Å². The molecule has 116 valence electrons. The van der Waals surface area contributed by atoms with E-state index in [4.69, 9.17) is 0 Å². The van der Waals surface area contributed by atoms with Gasteiger partial charge in [-0.2, -0.15) is 0 Å². The predicted octanol–water partition coefficient (Wildman–Crippen LogP) is 1.06. The number of carbonyl (C=O) groups is 1. The van der Waals surface area contributed by atoms with Gasteiger partial charge in [0.15, 0.2) is 0 Å². The molecule has 0 spiro atoms. The summed E-state index contributed by atoms with van der Waals surface area (Å²) in [5.74, 6) is 0.519. The van der Waals surface area contributed by atoms with E-state index in [1.54, 1.807) is 0 Å². The molecule has 1 unspecified atom stereocenters. The van der Waals surface area contributed by atoms with Gasteiger partial charge in [-0.1, -0.05) is 13.8 Å². The van der Waals surface area contributed by atoms with Gasteiger partial charge in [0.2, 0.25) is 0 Å². The number of piperazine rings is 1. The van der Waals surface area contributed by atoms with Gasteiger partial charge in [0.05, 0.1) is 6.04 Å². The minimum absolute atomic E-state index is 0.230. The van der Waals surface area contributed by atoms with Gasteiger partial charge in [0.1, 0.15) is 0 Å². The standard InChI is InChI=1S/C15H30N4O/c1-12(2)14-11-18(15(20)19(14)13(3)4)10-9-17-7-5-16-6-8-17/h12-14,16H,5-11H2,1-4H3. The van der Waals surface area contributed by atoms with Gasteiger partial charge in [-0.3, -0.25) is 4.90 Å². The molecule has 2 heterocycles. The summed E-state index contributed by atoms with van der Waals surface area (Å²) in [5, 5.41) is 3.36. The lowest BCUT2D eigenvalue weighted by atomic mass is 10.0. The molecule has 0 saturated carbocycles. The zero-order valence-corrected chi connectivity index (χ0v) is 13.4. The number of nitrogens with zero attached hydrogens (tertiary/aromatic N) is 3. The van der Waals surface area contributed by atoms with Crippen molar-refractivity contribution >= 4 is 6.03 Å². The maximum atomic E-state index is 12.6. The van der Waals surface area contributed by atoms with Crippen molar-refractivity contribution in [2.24, 2.45) is 5.92 Å². The fraction of sp³-hybridized carbons (Fsp3) is 0.933. The van der Waals surface area contributed by atoms with Crippen LogP contribution in [0.5, 0.6) is 0 Å². The molecular formula is C15H30N4O. The summed E-state index contributed by atoms with van der Waals surface area (Å²) in [6.07, 6.45) is 0. The van der Waals surface area contributed by atoms with Crippen LogP contribution in [0.3, 0.4) is 0 Å². The highest BCUT2D eigenvalue weighted by Gasteiger charge is 2.39. The van der Waals surface area contributed by atoms with Crippen molar-refractivity contribution in [1.82, 2.24) is 20.0 Å². The van der Waals surface area contributed by atoms with Gasteiger partial charge in [0, 0.05) is 51.9 Å². The van der Waals surface area contributed by atoms with Crippen molar-refractivity contribution in [3.8, 4) is 0 Å². The molecule has 0 aliphatic carbocycles. The molecule has 2 aliphatic rings. The van der Waals surface area contributed by atoms with Crippen molar-refractivity contribution < 1.29 is 4.79 Å². The second kappa shape index (κ2) is 6.76. The zero-order chi connectivity index (χ0) is 14.7. The summed E-state index contributed by atoms with van der Waals surface area (Å²) in [4.78, 5) is 19.1. The summed E-state index contributed by atoms with van der Waals surface area (Å²) in [6.45, 7) is 15.8. The van der Waals surface area contributed by atoms with Crippen molar-refractivity contribution in [3.63, 3.8) is 0 Å². The third-order valence-electron chi connectivity index (χ3n) is 4.48. The minimum Gasteiger partial charge on any atom is -0.321 e. The Hall–Kier alpha value is -0.810. The van der Waals surface area contributed by atoms with Crippen molar-refractivity contribution in [2.45, 2.75) is 39.8 Å². The molecule has 0 radical (unpaired) electrons. The van der Waals surface area contributed by atoms with Gasteiger partial charge in [0.25, 0.3) is 0 Å². The lowest BCUT2D eigenvalue weighted by molar-refractivity contribution is 0.159. The van der Waals surface area contributed by atoms with Crippen LogP contribution in [0, 0.1) is 5.92 Å². The Kier molecular flexibility index (Phi) is 5.27. The molecular weight excluding hydrogens is 252 g/mol. The highest BCUT2D eigenvalue weighted by atomic mass is 16.2. The molecule has 0 aromatic rings. The Bertz CT molecular complexity index is 326. The van der Waals surface area contributed by atoms with Gasteiger partial charge in [-0.15, -0.1) is 0 Å². The lowest BCUT2D eigenvalue weighted by Crippen LogP contribution is -2.47. The number of nitrogens with one attached hydrogen (secondary N) is 1. The molecule has 5 nitrogen and oxygen atoms in total. The molecule has 0 aromatic heterocycles. The van der Waals surface area contributed by atoms with E-state index in [1.165, 1.54) is 0 Å². The monoisotopic (exact) mass is 282 g/mol. The first-order valence-electron chi connectivity index (χ1n) is 8.01. The van der Waals surface area contributed by atoms with E-state index in [1.807, 2.05) is 4.90 Å². The van der Waals surface area contributed by atoms with Gasteiger partial charge < -0.3 is 15.1 Å². The number of rotatable bonds is 5. The van der Waals surface area contributed by atoms with Crippen LogP contribution in [0.1, 0.15) is 27.7 Å². The summed E-state index contributed by atoms with van der Waals surface area (Å²) in [6, 6.07) is 0.887. The SMILES string of the molecule is CC(C)C1CN(CCN2CCNCC2)C(=O)N1C(C)C. The molecule has 2 rings (SSSR count). The zero-order valence-electron chi connectivity index (χ0n) is 13.4. The van der Waals surface area contributed by atoms with Crippen molar-refractivity contribution in [2.75, 3.05) is 45.8 Å². The molecule has 2 aliphatic heterocycles. The third-order valence-corrected chi connectivity index (χ3v) is 4.48. The molecule has 0 bridgehead atoms. The maximum absolute atomic E-state index is 12.6. The Labute approximate surface area is 123 Å². The van der Waals surface area contributed by atoms with E-state index in [-0.39, 0.29) is 6.03 Å². The Morgan fingerprint density at radius 2 is 1.80 bits per heavy atom. The Balaban J connectivity index is 1.90. The number of amides is 2. The highest BCUT2D eigenvalue weighted by molar-refractivity contribution is 5.77. The number of hydrogen-bond acceptors (Lipinski definition) is 3. The quantitative estimate of drug-likeness (QED) is 0.819. The maximum Gasteiger partial charge on any atom is 0.320 e. The first-order chi connectivity index (χ1) is 9.50. The molecule has 2 saturated heterocycles. The second-order valence-corrected chi connectivity index (χ2v) is 6.63. The van der Waals surface area contributed by atoms with Crippen LogP contribution in [-0.4, -0.2) is 78.6 Å². The molecule has 5 heteroatoms. The fourth-order valence-corrected chi connectivity index (χ4v) is 3.22.